The fourth-order valence-electron chi connectivity index (χ4n) is 3.84. The Bertz CT molecular complexity index is 1200. The van der Waals surface area contributed by atoms with Gasteiger partial charge in [-0.25, -0.2) is 9.40 Å². The first kappa shape index (κ1) is 22.2. The van der Waals surface area contributed by atoms with Gasteiger partial charge in [0.25, 0.3) is 11.8 Å². The Balaban J connectivity index is 1.59. The first-order chi connectivity index (χ1) is 16.0. The van der Waals surface area contributed by atoms with Crippen molar-refractivity contribution in [2.24, 2.45) is 5.10 Å². The molecule has 0 saturated carbocycles. The minimum atomic E-state index is -0.503. The van der Waals surface area contributed by atoms with E-state index in [4.69, 9.17) is 4.74 Å². The Kier molecular flexibility index (Phi) is 6.49. The van der Waals surface area contributed by atoms with Crippen molar-refractivity contribution < 1.29 is 18.7 Å². The minimum Gasteiger partial charge on any atom is -0.497 e. The molecule has 2 amide bonds. The van der Waals surface area contributed by atoms with Crippen LogP contribution < -0.4 is 4.74 Å². The minimum absolute atomic E-state index is 0.187. The molecule has 0 spiro atoms. The maximum atomic E-state index is 13.5. The molecular weight excluding hydrogens is 421 g/mol. The van der Waals surface area contributed by atoms with Crippen LogP contribution in [0.1, 0.15) is 33.9 Å². The van der Waals surface area contributed by atoms with E-state index in [0.29, 0.717) is 12.2 Å². The summed E-state index contributed by atoms with van der Waals surface area (Å²) in [6, 6.07) is 22.3. The fraction of sp³-hybridized carbons (Fsp3) is 0.192. The molecule has 0 radical (unpaired) electrons. The Morgan fingerprint density at radius 1 is 1.06 bits per heavy atom. The van der Waals surface area contributed by atoms with E-state index in [1.807, 2.05) is 54.6 Å². The second-order valence-corrected chi connectivity index (χ2v) is 7.82. The number of ether oxygens (including phenoxy) is 1. The summed E-state index contributed by atoms with van der Waals surface area (Å²) >= 11 is 0. The number of likely N-dealkylation sites (N-methyl/N-ethyl adjacent to an activating group) is 1. The SMILES string of the molecule is COc1cccc(C2=NN(C(=O)CN(C)C(=O)c3cccc(F)c3)[C@H](c3ccccc3)C2)c1. The molecule has 0 fully saturated rings. The molecule has 7 heteroatoms. The molecule has 0 aromatic heterocycles. The van der Waals surface area contributed by atoms with Crippen LogP contribution in [0.2, 0.25) is 0 Å². The van der Waals surface area contributed by atoms with Crippen LogP contribution in [0, 0.1) is 5.82 Å². The number of hydrogen-bond donors (Lipinski definition) is 0. The highest BCUT2D eigenvalue weighted by Gasteiger charge is 2.34. The summed E-state index contributed by atoms with van der Waals surface area (Å²) in [5, 5.41) is 6.08. The van der Waals surface area contributed by atoms with Gasteiger partial charge in [-0.15, -0.1) is 0 Å². The van der Waals surface area contributed by atoms with Crippen LogP contribution in [-0.2, 0) is 4.79 Å². The Morgan fingerprint density at radius 3 is 2.55 bits per heavy atom. The van der Waals surface area contributed by atoms with Crippen molar-refractivity contribution in [3.8, 4) is 5.75 Å². The van der Waals surface area contributed by atoms with Gasteiger partial charge >= 0.3 is 0 Å². The lowest BCUT2D eigenvalue weighted by molar-refractivity contribution is -0.133. The predicted molar refractivity (Wildman–Crippen MR) is 124 cm³/mol. The number of methoxy groups -OCH3 is 1. The lowest BCUT2D eigenvalue weighted by Crippen LogP contribution is -2.39. The third-order valence-electron chi connectivity index (χ3n) is 5.54. The van der Waals surface area contributed by atoms with E-state index >= 15 is 0 Å². The van der Waals surface area contributed by atoms with Crippen LogP contribution in [0.4, 0.5) is 4.39 Å². The second kappa shape index (κ2) is 9.65. The van der Waals surface area contributed by atoms with Gasteiger partial charge in [-0.1, -0.05) is 48.5 Å². The normalized spacial score (nSPS) is 15.2. The summed E-state index contributed by atoms with van der Waals surface area (Å²) in [5.41, 5.74) is 2.77. The summed E-state index contributed by atoms with van der Waals surface area (Å²) in [4.78, 5) is 27.2. The van der Waals surface area contributed by atoms with Gasteiger partial charge in [-0.3, -0.25) is 9.59 Å². The Hall–Kier alpha value is -4.00. The number of hydrazone groups is 1. The van der Waals surface area contributed by atoms with E-state index < -0.39 is 11.7 Å². The second-order valence-electron chi connectivity index (χ2n) is 7.82. The molecule has 1 aliphatic rings. The van der Waals surface area contributed by atoms with Crippen molar-refractivity contribution >= 4 is 17.5 Å². The standard InChI is InChI=1S/C26H24FN3O3/c1-29(26(32)20-11-6-12-21(27)14-20)17-25(31)30-24(18-8-4-3-5-9-18)16-23(28-30)19-10-7-13-22(15-19)33-2/h3-15,24H,16-17H2,1-2H3/t24-/m0/s1. The monoisotopic (exact) mass is 445 g/mol. The van der Waals surface area contributed by atoms with Crippen LogP contribution in [-0.4, -0.2) is 48.1 Å². The number of benzene rings is 3. The molecule has 0 unspecified atom stereocenters. The third kappa shape index (κ3) is 4.92. The van der Waals surface area contributed by atoms with E-state index in [1.54, 1.807) is 7.11 Å². The van der Waals surface area contributed by atoms with Crippen molar-refractivity contribution in [1.29, 1.82) is 0 Å². The zero-order valence-electron chi connectivity index (χ0n) is 18.4. The number of nitrogens with zero attached hydrogens (tertiary/aromatic N) is 3. The largest absolute Gasteiger partial charge is 0.497 e. The number of rotatable bonds is 6. The molecule has 0 N–H and O–H groups in total. The van der Waals surface area contributed by atoms with E-state index in [0.717, 1.165) is 22.9 Å². The third-order valence-corrected chi connectivity index (χ3v) is 5.54. The molecule has 3 aromatic carbocycles. The molecule has 33 heavy (non-hydrogen) atoms. The predicted octanol–water partition coefficient (Wildman–Crippen LogP) is 4.28. The maximum Gasteiger partial charge on any atom is 0.262 e. The highest BCUT2D eigenvalue weighted by Crippen LogP contribution is 2.33. The number of amides is 2. The lowest BCUT2D eigenvalue weighted by Gasteiger charge is -2.25. The maximum absolute atomic E-state index is 13.5. The van der Waals surface area contributed by atoms with Gasteiger partial charge in [0.2, 0.25) is 0 Å². The Labute approximate surface area is 191 Å². The zero-order valence-corrected chi connectivity index (χ0v) is 18.4. The summed E-state index contributed by atoms with van der Waals surface area (Å²) < 4.78 is 18.8. The van der Waals surface area contributed by atoms with Gasteiger partial charge in [0.15, 0.2) is 0 Å². The summed E-state index contributed by atoms with van der Waals surface area (Å²) in [6.07, 6.45) is 0.532. The Morgan fingerprint density at radius 2 is 1.82 bits per heavy atom. The van der Waals surface area contributed by atoms with E-state index in [9.17, 15) is 14.0 Å². The quantitative estimate of drug-likeness (QED) is 0.569. The number of carbonyl (C=O) groups is 2. The molecular formula is C26H24FN3O3. The highest BCUT2D eigenvalue weighted by molar-refractivity contribution is 6.04. The van der Waals surface area contributed by atoms with Crippen molar-refractivity contribution in [1.82, 2.24) is 9.91 Å². The van der Waals surface area contributed by atoms with E-state index in [1.165, 1.54) is 35.2 Å². The summed E-state index contributed by atoms with van der Waals surface area (Å²) in [5.74, 6) is -0.558. The molecule has 0 saturated heterocycles. The zero-order chi connectivity index (χ0) is 23.4. The summed E-state index contributed by atoms with van der Waals surface area (Å²) in [6.45, 7) is -0.187. The molecule has 1 heterocycles. The van der Waals surface area contributed by atoms with Crippen LogP contribution in [0.5, 0.6) is 5.75 Å². The molecule has 3 aromatic rings. The number of hydrogen-bond acceptors (Lipinski definition) is 4. The average molecular weight is 445 g/mol. The molecule has 1 aliphatic heterocycles. The topological polar surface area (TPSA) is 62.2 Å². The molecule has 0 aliphatic carbocycles. The molecule has 168 valence electrons. The molecule has 4 rings (SSSR count). The van der Waals surface area contributed by atoms with Crippen molar-refractivity contribution in [3.63, 3.8) is 0 Å². The van der Waals surface area contributed by atoms with Gasteiger partial charge in [0, 0.05) is 24.6 Å². The summed E-state index contributed by atoms with van der Waals surface area (Å²) in [7, 11) is 3.12. The lowest BCUT2D eigenvalue weighted by atomic mass is 9.98. The first-order valence-electron chi connectivity index (χ1n) is 10.6. The van der Waals surface area contributed by atoms with Crippen LogP contribution in [0.25, 0.3) is 0 Å². The average Bonchev–Trinajstić information content (AvgIpc) is 3.30. The molecule has 1 atom stereocenters. The van der Waals surface area contributed by atoms with E-state index in [2.05, 4.69) is 5.10 Å². The number of carbonyl (C=O) groups excluding carboxylic acids is 2. The molecule has 0 bridgehead atoms. The smallest absolute Gasteiger partial charge is 0.262 e. The van der Waals surface area contributed by atoms with Crippen LogP contribution >= 0.6 is 0 Å². The van der Waals surface area contributed by atoms with Gasteiger partial charge < -0.3 is 9.64 Å². The van der Waals surface area contributed by atoms with E-state index in [-0.39, 0.29) is 24.1 Å². The highest BCUT2D eigenvalue weighted by atomic mass is 19.1. The number of halogens is 1. The van der Waals surface area contributed by atoms with Gasteiger partial charge in [-0.2, -0.15) is 5.10 Å². The van der Waals surface area contributed by atoms with Crippen molar-refractivity contribution in [2.75, 3.05) is 20.7 Å². The van der Waals surface area contributed by atoms with Crippen LogP contribution in [0.15, 0.2) is 84.0 Å². The van der Waals surface area contributed by atoms with Gasteiger partial charge in [0.1, 0.15) is 18.1 Å². The van der Waals surface area contributed by atoms with Gasteiger partial charge in [0.05, 0.1) is 18.9 Å². The van der Waals surface area contributed by atoms with Crippen LogP contribution in [0.3, 0.4) is 0 Å². The van der Waals surface area contributed by atoms with Crippen molar-refractivity contribution in [2.45, 2.75) is 12.5 Å². The first-order valence-corrected chi connectivity index (χ1v) is 10.6. The van der Waals surface area contributed by atoms with Crippen molar-refractivity contribution in [3.05, 3.63) is 101 Å². The fourth-order valence-corrected chi connectivity index (χ4v) is 3.84. The van der Waals surface area contributed by atoms with Gasteiger partial charge in [-0.05, 0) is 35.9 Å². The molecule has 6 nitrogen and oxygen atoms in total.